The Morgan fingerprint density at radius 3 is 2.68 bits per heavy atom. The predicted molar refractivity (Wildman–Crippen MR) is 94.2 cm³/mol. The van der Waals surface area contributed by atoms with Crippen LogP contribution in [0.1, 0.15) is 68.2 Å². The van der Waals surface area contributed by atoms with Crippen LogP contribution >= 0.6 is 0 Å². The summed E-state index contributed by atoms with van der Waals surface area (Å²) in [6, 6.07) is 0.598. The van der Waals surface area contributed by atoms with Gasteiger partial charge in [-0.05, 0) is 39.0 Å². The van der Waals surface area contributed by atoms with E-state index in [1.54, 1.807) is 6.92 Å². The molecule has 1 saturated carbocycles. The second-order valence-corrected chi connectivity index (χ2v) is 8.24. The van der Waals surface area contributed by atoms with Crippen LogP contribution in [-0.2, 0) is 11.2 Å². The molecule has 3 aliphatic rings. The molecule has 6 heteroatoms. The van der Waals surface area contributed by atoms with Crippen molar-refractivity contribution in [2.75, 3.05) is 6.54 Å². The van der Waals surface area contributed by atoms with Gasteiger partial charge in [0.05, 0.1) is 6.04 Å². The number of hydrogen-bond acceptors (Lipinski definition) is 3. The van der Waals surface area contributed by atoms with Gasteiger partial charge in [0.2, 0.25) is 5.91 Å². The van der Waals surface area contributed by atoms with Crippen LogP contribution in [0.2, 0.25) is 0 Å². The van der Waals surface area contributed by atoms with Crippen LogP contribution in [0.5, 0.6) is 0 Å². The lowest BCUT2D eigenvalue weighted by Gasteiger charge is -2.49. The summed E-state index contributed by atoms with van der Waals surface area (Å²) in [7, 11) is 0. The number of rotatable bonds is 2. The smallest absolute Gasteiger partial charge is 0.275 e. The molecular formula is C19H28N4O2. The maximum Gasteiger partial charge on any atom is 0.275 e. The predicted octanol–water partition coefficient (Wildman–Crippen LogP) is 2.28. The quantitative estimate of drug-likeness (QED) is 0.895. The molecule has 0 radical (unpaired) electrons. The maximum atomic E-state index is 13.4. The van der Waals surface area contributed by atoms with Crippen molar-refractivity contribution in [2.24, 2.45) is 5.41 Å². The van der Waals surface area contributed by atoms with Crippen molar-refractivity contribution in [1.29, 1.82) is 0 Å². The second kappa shape index (κ2) is 5.58. The number of H-pyrrole nitrogens is 1. The van der Waals surface area contributed by atoms with E-state index in [-0.39, 0.29) is 35.4 Å². The zero-order chi connectivity index (χ0) is 17.9. The van der Waals surface area contributed by atoms with E-state index < -0.39 is 0 Å². The highest BCUT2D eigenvalue weighted by Crippen LogP contribution is 2.54. The highest BCUT2D eigenvalue weighted by Gasteiger charge is 2.61. The molecule has 2 saturated heterocycles. The monoisotopic (exact) mass is 344 g/mol. The van der Waals surface area contributed by atoms with E-state index in [2.05, 4.69) is 28.9 Å². The summed E-state index contributed by atoms with van der Waals surface area (Å²) in [5.41, 5.74) is 2.57. The summed E-state index contributed by atoms with van der Waals surface area (Å²) in [6.07, 6.45) is 5.01. The summed E-state index contributed by atoms with van der Waals surface area (Å²) in [5.74, 6) is 0.179. The van der Waals surface area contributed by atoms with Crippen molar-refractivity contribution in [2.45, 2.75) is 77.9 Å². The average molecular weight is 344 g/mol. The number of hydrogen-bond donors (Lipinski definition) is 1. The molecule has 1 aromatic rings. The van der Waals surface area contributed by atoms with E-state index in [1.165, 1.54) is 0 Å². The summed E-state index contributed by atoms with van der Waals surface area (Å²) < 4.78 is 0. The van der Waals surface area contributed by atoms with E-state index in [0.717, 1.165) is 43.4 Å². The molecule has 0 spiro atoms. The first-order valence-corrected chi connectivity index (χ1v) is 9.52. The number of amides is 2. The molecule has 1 aromatic heterocycles. The summed E-state index contributed by atoms with van der Waals surface area (Å²) >= 11 is 0. The molecule has 25 heavy (non-hydrogen) atoms. The van der Waals surface area contributed by atoms with Crippen LogP contribution in [0.4, 0.5) is 0 Å². The van der Waals surface area contributed by atoms with Gasteiger partial charge in [-0.2, -0.15) is 5.10 Å². The van der Waals surface area contributed by atoms with Crippen molar-refractivity contribution in [3.63, 3.8) is 0 Å². The van der Waals surface area contributed by atoms with Gasteiger partial charge in [-0.15, -0.1) is 0 Å². The summed E-state index contributed by atoms with van der Waals surface area (Å²) in [6.45, 7) is 8.66. The van der Waals surface area contributed by atoms with Gasteiger partial charge in [0, 0.05) is 42.2 Å². The van der Waals surface area contributed by atoms with Gasteiger partial charge >= 0.3 is 0 Å². The number of nitrogens with one attached hydrogen (secondary N) is 1. The molecule has 1 aliphatic carbocycles. The number of piperidine rings is 1. The third kappa shape index (κ3) is 2.19. The Kier molecular flexibility index (Phi) is 3.71. The van der Waals surface area contributed by atoms with Crippen LogP contribution in [0.25, 0.3) is 0 Å². The zero-order valence-electron chi connectivity index (χ0n) is 15.6. The minimum Gasteiger partial charge on any atom is -0.337 e. The Morgan fingerprint density at radius 1 is 1.32 bits per heavy atom. The third-order valence-electron chi connectivity index (χ3n) is 6.97. The maximum absolute atomic E-state index is 13.4. The van der Waals surface area contributed by atoms with Crippen molar-refractivity contribution in [3.8, 4) is 0 Å². The lowest BCUT2D eigenvalue weighted by molar-refractivity contribution is -0.137. The number of aromatic amines is 1. The first-order valence-electron chi connectivity index (χ1n) is 9.52. The number of aromatic nitrogens is 2. The van der Waals surface area contributed by atoms with E-state index in [4.69, 9.17) is 0 Å². The van der Waals surface area contributed by atoms with Gasteiger partial charge in [0.15, 0.2) is 5.69 Å². The van der Waals surface area contributed by atoms with E-state index in [9.17, 15) is 9.59 Å². The largest absolute Gasteiger partial charge is 0.337 e. The third-order valence-corrected chi connectivity index (χ3v) is 6.97. The van der Waals surface area contributed by atoms with Crippen molar-refractivity contribution in [1.82, 2.24) is 20.0 Å². The van der Waals surface area contributed by atoms with Crippen LogP contribution in [0.15, 0.2) is 0 Å². The standard InChI is InChI=1S/C19H28N4O2/c1-5-14-11(2)17(21-20-14)18(25)23-13-9-19(4)15(7-6-8-16(19)23)22(10-13)12(3)24/h13,15-16H,5-10H2,1-4H3,(H,20,21)/t13-,15+,16-,19+/m0/s1. The fourth-order valence-corrected chi connectivity index (χ4v) is 5.76. The van der Waals surface area contributed by atoms with E-state index >= 15 is 0 Å². The summed E-state index contributed by atoms with van der Waals surface area (Å²) in [5, 5.41) is 7.35. The lowest BCUT2D eigenvalue weighted by atomic mass is 9.66. The number of carbonyl (C=O) groups excluding carboxylic acids is 2. The Balaban J connectivity index is 1.72. The van der Waals surface area contributed by atoms with Crippen LogP contribution in [-0.4, -0.2) is 56.5 Å². The molecule has 4 atom stereocenters. The van der Waals surface area contributed by atoms with Crippen molar-refractivity contribution < 1.29 is 9.59 Å². The molecule has 2 bridgehead atoms. The number of aryl methyl sites for hydroxylation is 1. The normalized spacial score (nSPS) is 33.7. The van der Waals surface area contributed by atoms with Crippen molar-refractivity contribution >= 4 is 11.8 Å². The molecule has 2 aliphatic heterocycles. The van der Waals surface area contributed by atoms with Crippen molar-refractivity contribution in [3.05, 3.63) is 17.0 Å². The Morgan fingerprint density at radius 2 is 2.04 bits per heavy atom. The first-order chi connectivity index (χ1) is 11.9. The molecule has 6 nitrogen and oxygen atoms in total. The lowest BCUT2D eigenvalue weighted by Crippen LogP contribution is -2.57. The average Bonchev–Trinajstić information content (AvgIpc) is 3.08. The van der Waals surface area contributed by atoms with Gasteiger partial charge in [0.1, 0.15) is 0 Å². The van der Waals surface area contributed by atoms with Crippen LogP contribution in [0.3, 0.4) is 0 Å². The molecule has 136 valence electrons. The zero-order valence-corrected chi connectivity index (χ0v) is 15.6. The molecule has 2 amide bonds. The van der Waals surface area contributed by atoms with Gasteiger partial charge in [-0.3, -0.25) is 14.7 Å². The van der Waals surface area contributed by atoms with Gasteiger partial charge in [0.25, 0.3) is 5.91 Å². The van der Waals surface area contributed by atoms with Crippen LogP contribution in [0, 0.1) is 12.3 Å². The second-order valence-electron chi connectivity index (χ2n) is 8.24. The Hall–Kier alpha value is -1.85. The number of fused-ring (bicyclic) bond motifs is 1. The van der Waals surface area contributed by atoms with Gasteiger partial charge < -0.3 is 9.80 Å². The SMILES string of the molecule is CCc1[nH]nc(C(=O)N2[C@@H]3CN(C(C)=O)[C@@H]4CCC[C@H]2[C@]4(C)C3)c1C. The molecule has 3 fully saturated rings. The topological polar surface area (TPSA) is 69.3 Å². The summed E-state index contributed by atoms with van der Waals surface area (Å²) in [4.78, 5) is 29.7. The Bertz CT molecular complexity index is 727. The van der Waals surface area contributed by atoms with E-state index in [1.807, 2.05) is 11.8 Å². The minimum absolute atomic E-state index is 0.0142. The fraction of sp³-hybridized carbons (Fsp3) is 0.737. The van der Waals surface area contributed by atoms with E-state index in [0.29, 0.717) is 12.2 Å². The minimum atomic E-state index is 0.0142. The molecule has 0 unspecified atom stereocenters. The highest BCUT2D eigenvalue weighted by molar-refractivity contribution is 5.95. The van der Waals surface area contributed by atoms with Gasteiger partial charge in [-0.25, -0.2) is 0 Å². The fourth-order valence-electron chi connectivity index (χ4n) is 5.76. The number of nitrogens with zero attached hydrogens (tertiary/aromatic N) is 3. The molecule has 0 aromatic carbocycles. The molecule has 1 N–H and O–H groups in total. The Labute approximate surface area is 148 Å². The van der Waals surface area contributed by atoms with Gasteiger partial charge in [-0.1, -0.05) is 13.8 Å². The molecule has 3 heterocycles. The number of likely N-dealkylation sites (tertiary alicyclic amines) is 2. The van der Waals surface area contributed by atoms with Crippen LogP contribution < -0.4 is 0 Å². The highest BCUT2D eigenvalue weighted by atomic mass is 16.2. The molecular weight excluding hydrogens is 316 g/mol. The first kappa shape index (κ1) is 16.6. The molecule has 4 rings (SSSR count). The number of carbonyl (C=O) groups is 2.